The lowest BCUT2D eigenvalue weighted by molar-refractivity contribution is 0.247. The zero-order valence-electron chi connectivity index (χ0n) is 12.0. The first kappa shape index (κ1) is 13.9. The van der Waals surface area contributed by atoms with Gasteiger partial charge in [-0.25, -0.2) is 9.97 Å². The van der Waals surface area contributed by atoms with Crippen molar-refractivity contribution in [3.05, 3.63) is 48.0 Å². The lowest BCUT2D eigenvalue weighted by Gasteiger charge is -2.34. The van der Waals surface area contributed by atoms with Gasteiger partial charge >= 0.3 is 0 Å². The molecule has 0 aromatic carbocycles. The third kappa shape index (κ3) is 3.34. The Morgan fingerprint density at radius 3 is 2.38 bits per heavy atom. The van der Waals surface area contributed by atoms with Crippen LogP contribution in [0.5, 0.6) is 0 Å². The molecule has 3 rings (SSSR count). The highest BCUT2D eigenvalue weighted by Gasteiger charge is 2.19. The van der Waals surface area contributed by atoms with Gasteiger partial charge in [-0.15, -0.1) is 0 Å². The number of nitrogens with zero attached hydrogens (tertiary/aromatic N) is 5. The highest BCUT2D eigenvalue weighted by molar-refractivity contribution is 5.29. The van der Waals surface area contributed by atoms with E-state index >= 15 is 0 Å². The topological polar surface area (TPSA) is 71.2 Å². The molecule has 0 saturated carbocycles. The molecule has 6 heteroatoms. The molecule has 0 amide bonds. The first-order valence-electron chi connectivity index (χ1n) is 7.24. The van der Waals surface area contributed by atoms with Crippen LogP contribution in [0.15, 0.2) is 36.8 Å². The van der Waals surface area contributed by atoms with Crippen molar-refractivity contribution in [2.75, 3.05) is 31.1 Å². The fourth-order valence-corrected chi connectivity index (χ4v) is 2.60. The normalized spacial score (nSPS) is 16.1. The summed E-state index contributed by atoms with van der Waals surface area (Å²) in [6, 6.07) is 5.93. The summed E-state index contributed by atoms with van der Waals surface area (Å²) in [5, 5.41) is 0. The molecule has 1 aliphatic rings. The van der Waals surface area contributed by atoms with Crippen LogP contribution in [0.2, 0.25) is 0 Å². The monoisotopic (exact) mass is 284 g/mol. The van der Waals surface area contributed by atoms with Crippen molar-refractivity contribution in [2.24, 2.45) is 5.73 Å². The number of nitrogens with two attached hydrogens (primary N) is 1. The van der Waals surface area contributed by atoms with E-state index in [9.17, 15) is 0 Å². The van der Waals surface area contributed by atoms with E-state index in [1.807, 2.05) is 12.1 Å². The summed E-state index contributed by atoms with van der Waals surface area (Å²) in [6.07, 6.45) is 5.38. The van der Waals surface area contributed by atoms with E-state index in [1.165, 1.54) is 5.56 Å². The van der Waals surface area contributed by atoms with Crippen LogP contribution in [0.1, 0.15) is 11.3 Å². The summed E-state index contributed by atoms with van der Waals surface area (Å²) in [7, 11) is 0. The summed E-state index contributed by atoms with van der Waals surface area (Å²) < 4.78 is 0. The molecule has 3 heterocycles. The first-order chi connectivity index (χ1) is 10.4. The van der Waals surface area contributed by atoms with Crippen LogP contribution in [0.4, 0.5) is 5.95 Å². The third-order valence-electron chi connectivity index (χ3n) is 3.78. The fraction of sp³-hybridized carbons (Fsp3) is 0.400. The van der Waals surface area contributed by atoms with Gasteiger partial charge in [-0.3, -0.25) is 9.88 Å². The largest absolute Gasteiger partial charge is 0.338 e. The standard InChI is InChI=1S/C15H20N6/c16-11-14-13(3-1-4-17-14)12-20-7-9-21(10-8-20)15-18-5-2-6-19-15/h1-6H,7-12,16H2. The van der Waals surface area contributed by atoms with Crippen molar-refractivity contribution >= 4 is 5.95 Å². The number of anilines is 1. The van der Waals surface area contributed by atoms with Crippen molar-refractivity contribution < 1.29 is 0 Å². The molecule has 0 atom stereocenters. The number of piperazine rings is 1. The molecule has 6 nitrogen and oxygen atoms in total. The van der Waals surface area contributed by atoms with Gasteiger partial charge in [0.1, 0.15) is 0 Å². The molecule has 0 radical (unpaired) electrons. The van der Waals surface area contributed by atoms with Crippen LogP contribution < -0.4 is 10.6 Å². The minimum atomic E-state index is 0.494. The Bertz CT molecular complexity index is 565. The Hall–Kier alpha value is -2.05. The van der Waals surface area contributed by atoms with Gasteiger partial charge in [0.25, 0.3) is 0 Å². The molecule has 21 heavy (non-hydrogen) atoms. The predicted octanol–water partition coefficient (Wildman–Crippen LogP) is 0.652. The molecule has 2 aromatic rings. The summed E-state index contributed by atoms with van der Waals surface area (Å²) in [4.78, 5) is 17.6. The van der Waals surface area contributed by atoms with E-state index < -0.39 is 0 Å². The second-order valence-corrected chi connectivity index (χ2v) is 5.13. The Balaban J connectivity index is 1.59. The fourth-order valence-electron chi connectivity index (χ4n) is 2.60. The molecule has 0 bridgehead atoms. The number of hydrogen-bond acceptors (Lipinski definition) is 6. The van der Waals surface area contributed by atoms with Crippen LogP contribution in [0.25, 0.3) is 0 Å². The van der Waals surface area contributed by atoms with Gasteiger partial charge in [0.2, 0.25) is 5.95 Å². The zero-order chi connectivity index (χ0) is 14.5. The summed E-state index contributed by atoms with van der Waals surface area (Å²) >= 11 is 0. The van der Waals surface area contributed by atoms with Gasteiger partial charge in [0.15, 0.2) is 0 Å². The molecule has 1 saturated heterocycles. The van der Waals surface area contributed by atoms with Gasteiger partial charge in [-0.05, 0) is 17.7 Å². The summed E-state index contributed by atoms with van der Waals surface area (Å²) in [5.41, 5.74) is 7.97. The van der Waals surface area contributed by atoms with Crippen molar-refractivity contribution in [3.63, 3.8) is 0 Å². The van der Waals surface area contributed by atoms with Gasteiger partial charge in [0, 0.05) is 57.9 Å². The maximum absolute atomic E-state index is 5.75. The Morgan fingerprint density at radius 2 is 1.67 bits per heavy atom. The predicted molar refractivity (Wildman–Crippen MR) is 81.7 cm³/mol. The second kappa shape index (κ2) is 6.60. The average molecular weight is 284 g/mol. The molecular formula is C15H20N6. The molecule has 0 spiro atoms. The Kier molecular flexibility index (Phi) is 4.37. The van der Waals surface area contributed by atoms with Crippen LogP contribution in [-0.2, 0) is 13.1 Å². The van der Waals surface area contributed by atoms with Crippen molar-refractivity contribution in [1.29, 1.82) is 0 Å². The molecule has 0 aliphatic carbocycles. The van der Waals surface area contributed by atoms with E-state index in [2.05, 4.69) is 30.8 Å². The van der Waals surface area contributed by atoms with E-state index in [0.29, 0.717) is 6.54 Å². The van der Waals surface area contributed by atoms with Crippen molar-refractivity contribution in [1.82, 2.24) is 19.9 Å². The quantitative estimate of drug-likeness (QED) is 0.889. The lowest BCUT2D eigenvalue weighted by Crippen LogP contribution is -2.46. The molecule has 2 N–H and O–H groups in total. The first-order valence-corrected chi connectivity index (χ1v) is 7.24. The minimum Gasteiger partial charge on any atom is -0.338 e. The molecular weight excluding hydrogens is 264 g/mol. The Morgan fingerprint density at radius 1 is 0.952 bits per heavy atom. The smallest absolute Gasteiger partial charge is 0.225 e. The lowest BCUT2D eigenvalue weighted by atomic mass is 10.1. The van der Waals surface area contributed by atoms with Gasteiger partial charge in [-0.2, -0.15) is 0 Å². The SMILES string of the molecule is NCc1ncccc1CN1CCN(c2ncccn2)CC1. The summed E-state index contributed by atoms with van der Waals surface area (Å²) in [6.45, 7) is 5.29. The Labute approximate surface area is 124 Å². The zero-order valence-corrected chi connectivity index (χ0v) is 12.0. The van der Waals surface area contributed by atoms with E-state index in [-0.39, 0.29) is 0 Å². The number of aromatic nitrogens is 3. The molecule has 0 unspecified atom stereocenters. The molecule has 2 aromatic heterocycles. The third-order valence-corrected chi connectivity index (χ3v) is 3.78. The second-order valence-electron chi connectivity index (χ2n) is 5.13. The molecule has 1 fully saturated rings. The van der Waals surface area contributed by atoms with Crippen LogP contribution >= 0.6 is 0 Å². The van der Waals surface area contributed by atoms with Gasteiger partial charge in [0.05, 0.1) is 5.69 Å². The molecule has 110 valence electrons. The minimum absolute atomic E-state index is 0.494. The van der Waals surface area contributed by atoms with E-state index in [1.54, 1.807) is 18.6 Å². The highest BCUT2D eigenvalue weighted by Crippen LogP contribution is 2.13. The van der Waals surface area contributed by atoms with Crippen molar-refractivity contribution in [2.45, 2.75) is 13.1 Å². The van der Waals surface area contributed by atoms with Crippen LogP contribution in [0.3, 0.4) is 0 Å². The number of rotatable bonds is 4. The van der Waals surface area contributed by atoms with Crippen LogP contribution in [0, 0.1) is 0 Å². The number of pyridine rings is 1. The van der Waals surface area contributed by atoms with Crippen LogP contribution in [-0.4, -0.2) is 46.0 Å². The van der Waals surface area contributed by atoms with E-state index in [0.717, 1.165) is 44.4 Å². The summed E-state index contributed by atoms with van der Waals surface area (Å²) in [5.74, 6) is 0.821. The van der Waals surface area contributed by atoms with Gasteiger partial charge < -0.3 is 10.6 Å². The number of hydrogen-bond donors (Lipinski definition) is 1. The molecule has 1 aliphatic heterocycles. The van der Waals surface area contributed by atoms with Crippen molar-refractivity contribution in [3.8, 4) is 0 Å². The van der Waals surface area contributed by atoms with Gasteiger partial charge in [-0.1, -0.05) is 6.07 Å². The average Bonchev–Trinajstić information content (AvgIpc) is 2.57. The maximum atomic E-state index is 5.75. The maximum Gasteiger partial charge on any atom is 0.225 e. The highest BCUT2D eigenvalue weighted by atomic mass is 15.3. The van der Waals surface area contributed by atoms with E-state index in [4.69, 9.17) is 5.73 Å².